The Morgan fingerprint density at radius 2 is 1.96 bits per heavy atom. The van der Waals surface area contributed by atoms with Crippen molar-refractivity contribution in [1.29, 1.82) is 0 Å². The van der Waals surface area contributed by atoms with Crippen LogP contribution in [0.5, 0.6) is 5.75 Å². The van der Waals surface area contributed by atoms with Crippen molar-refractivity contribution in [2.45, 2.75) is 0 Å². The molecule has 1 heterocycles. The molecule has 0 saturated carbocycles. The molecule has 0 unspecified atom stereocenters. The normalized spacial score (nSPS) is 15.6. The predicted octanol–water partition coefficient (Wildman–Crippen LogP) is 3.53. The van der Waals surface area contributed by atoms with Crippen LogP contribution in [0.1, 0.15) is 5.56 Å². The first-order valence-electron chi connectivity index (χ1n) is 7.43. The molecule has 0 aliphatic carbocycles. The number of thioether (sulfide) groups is 1. The second-order valence-corrected chi connectivity index (χ2v) is 6.22. The lowest BCUT2D eigenvalue weighted by Gasteiger charge is -2.12. The molecule has 1 aliphatic heterocycles. The minimum absolute atomic E-state index is 0.100. The first-order valence-corrected chi connectivity index (χ1v) is 8.24. The lowest BCUT2D eigenvalue weighted by Crippen LogP contribution is -2.28. The molecule has 1 saturated heterocycles. The first-order chi connectivity index (χ1) is 12.5. The molecule has 6 nitrogen and oxygen atoms in total. The third-order valence-corrected chi connectivity index (χ3v) is 4.27. The van der Waals surface area contributed by atoms with Crippen LogP contribution in [-0.2, 0) is 9.59 Å². The summed E-state index contributed by atoms with van der Waals surface area (Å²) in [5.74, 6) is -2.09. The molecule has 1 fully saturated rings. The Labute approximate surface area is 151 Å². The van der Waals surface area contributed by atoms with E-state index in [1.165, 1.54) is 30.3 Å². The molecule has 3 rings (SSSR count). The second kappa shape index (κ2) is 7.40. The van der Waals surface area contributed by atoms with Crippen molar-refractivity contribution < 1.29 is 28.6 Å². The molecular formula is C18H12FNO5S. The van der Waals surface area contributed by atoms with Crippen LogP contribution in [-0.4, -0.2) is 28.8 Å². The zero-order valence-electron chi connectivity index (χ0n) is 13.2. The van der Waals surface area contributed by atoms with Gasteiger partial charge in [-0.2, -0.15) is 0 Å². The summed E-state index contributed by atoms with van der Waals surface area (Å²) in [5, 5.41) is 8.05. The topological polar surface area (TPSA) is 83.9 Å². The number of carbonyl (C=O) groups excluding carboxylic acids is 2. The number of ether oxygens (including phenoxy) is 1. The number of benzene rings is 2. The number of carbonyl (C=O) groups is 3. The van der Waals surface area contributed by atoms with Crippen LogP contribution in [0.25, 0.3) is 6.08 Å². The minimum atomic E-state index is -1.11. The molecule has 2 aromatic carbocycles. The van der Waals surface area contributed by atoms with E-state index in [1.54, 1.807) is 24.3 Å². The highest BCUT2D eigenvalue weighted by Crippen LogP contribution is 2.36. The summed E-state index contributed by atoms with van der Waals surface area (Å²) in [6.07, 6.45) is 1.47. The van der Waals surface area contributed by atoms with Gasteiger partial charge in [0.1, 0.15) is 11.6 Å². The fraction of sp³-hybridized carbons (Fsp3) is 0.0556. The Balaban J connectivity index is 1.85. The summed E-state index contributed by atoms with van der Waals surface area (Å²) in [5.41, 5.74) is 0.448. The lowest BCUT2D eigenvalue weighted by atomic mass is 10.2. The van der Waals surface area contributed by atoms with Crippen LogP contribution in [0.4, 0.5) is 14.9 Å². The van der Waals surface area contributed by atoms with Crippen molar-refractivity contribution in [3.05, 3.63) is 64.8 Å². The number of anilines is 1. The molecule has 8 heteroatoms. The molecule has 0 atom stereocenters. The molecule has 132 valence electrons. The largest absolute Gasteiger partial charge is 0.482 e. The van der Waals surface area contributed by atoms with Crippen LogP contribution in [0.15, 0.2) is 53.4 Å². The predicted molar refractivity (Wildman–Crippen MR) is 94.4 cm³/mol. The van der Waals surface area contributed by atoms with Gasteiger partial charge >= 0.3 is 5.97 Å². The second-order valence-electron chi connectivity index (χ2n) is 5.22. The van der Waals surface area contributed by atoms with E-state index in [1.807, 2.05) is 0 Å². The Hall–Kier alpha value is -3.13. The van der Waals surface area contributed by atoms with Crippen molar-refractivity contribution in [3.8, 4) is 5.75 Å². The number of carboxylic acid groups (broad SMARTS) is 1. The number of hydrogen-bond donors (Lipinski definition) is 1. The number of aliphatic carboxylic acids is 1. The average Bonchev–Trinajstić information content (AvgIpc) is 2.88. The summed E-state index contributed by atoms with van der Waals surface area (Å²) in [6, 6.07) is 12.0. The summed E-state index contributed by atoms with van der Waals surface area (Å²) in [4.78, 5) is 36.1. The number of hydrogen-bond acceptors (Lipinski definition) is 5. The Kier molecular flexibility index (Phi) is 5.04. The van der Waals surface area contributed by atoms with Crippen LogP contribution >= 0.6 is 11.8 Å². The van der Waals surface area contributed by atoms with Gasteiger partial charge in [0.2, 0.25) is 0 Å². The van der Waals surface area contributed by atoms with E-state index in [-0.39, 0.29) is 10.6 Å². The number of amides is 2. The monoisotopic (exact) mass is 373 g/mol. The van der Waals surface area contributed by atoms with Gasteiger partial charge in [-0.15, -0.1) is 0 Å². The molecule has 0 radical (unpaired) electrons. The zero-order chi connectivity index (χ0) is 18.7. The highest BCUT2D eigenvalue weighted by atomic mass is 32.2. The number of nitrogens with zero attached hydrogens (tertiary/aromatic N) is 1. The van der Waals surface area contributed by atoms with E-state index in [9.17, 15) is 18.8 Å². The van der Waals surface area contributed by atoms with Gasteiger partial charge in [0.05, 0.1) is 10.6 Å². The van der Waals surface area contributed by atoms with E-state index in [4.69, 9.17) is 9.84 Å². The van der Waals surface area contributed by atoms with Crippen molar-refractivity contribution >= 4 is 40.6 Å². The summed E-state index contributed by atoms with van der Waals surface area (Å²) in [6.45, 7) is -0.493. The molecule has 0 spiro atoms. The van der Waals surface area contributed by atoms with E-state index < -0.39 is 29.5 Å². The van der Waals surface area contributed by atoms with Gasteiger partial charge in [0.15, 0.2) is 6.61 Å². The summed E-state index contributed by atoms with van der Waals surface area (Å²) >= 11 is 0.701. The van der Waals surface area contributed by atoms with E-state index in [2.05, 4.69) is 0 Å². The average molecular weight is 373 g/mol. The van der Waals surface area contributed by atoms with Crippen molar-refractivity contribution in [2.75, 3.05) is 11.5 Å². The van der Waals surface area contributed by atoms with Gasteiger partial charge in [0.25, 0.3) is 11.1 Å². The van der Waals surface area contributed by atoms with Crippen LogP contribution in [0.2, 0.25) is 0 Å². The van der Waals surface area contributed by atoms with Crippen molar-refractivity contribution in [1.82, 2.24) is 0 Å². The molecule has 1 aliphatic rings. The SMILES string of the molecule is O=C(O)COc1cccc(/C=C2/SC(=O)N(c3ccccc3F)C2=O)c1. The number of carboxylic acids is 1. The maximum atomic E-state index is 13.9. The van der Waals surface area contributed by atoms with Gasteiger partial charge in [0, 0.05) is 0 Å². The standard InChI is InChI=1S/C18H12FNO5S/c19-13-6-1-2-7-14(13)20-17(23)15(26-18(20)24)9-11-4-3-5-12(8-11)25-10-16(21)22/h1-9H,10H2,(H,21,22)/b15-9+. The van der Waals surface area contributed by atoms with Crippen LogP contribution in [0.3, 0.4) is 0 Å². The molecule has 26 heavy (non-hydrogen) atoms. The molecule has 2 amide bonds. The number of para-hydroxylation sites is 1. The van der Waals surface area contributed by atoms with Crippen molar-refractivity contribution in [2.24, 2.45) is 0 Å². The maximum absolute atomic E-state index is 13.9. The van der Waals surface area contributed by atoms with Crippen LogP contribution in [0, 0.1) is 5.82 Å². The highest BCUT2D eigenvalue weighted by molar-refractivity contribution is 8.19. The van der Waals surface area contributed by atoms with Gasteiger partial charge in [-0.25, -0.2) is 14.1 Å². The Morgan fingerprint density at radius 1 is 1.19 bits per heavy atom. The summed E-state index contributed by atoms with van der Waals surface area (Å²) in [7, 11) is 0. The van der Waals surface area contributed by atoms with Crippen molar-refractivity contribution in [3.63, 3.8) is 0 Å². The van der Waals surface area contributed by atoms with Crippen LogP contribution < -0.4 is 9.64 Å². The quantitative estimate of drug-likeness (QED) is 0.807. The zero-order valence-corrected chi connectivity index (χ0v) is 14.0. The molecule has 1 N–H and O–H groups in total. The third-order valence-electron chi connectivity index (χ3n) is 3.41. The smallest absolute Gasteiger partial charge is 0.341 e. The lowest BCUT2D eigenvalue weighted by molar-refractivity contribution is -0.139. The molecule has 0 bridgehead atoms. The first kappa shape index (κ1) is 17.7. The number of imide groups is 1. The minimum Gasteiger partial charge on any atom is -0.482 e. The number of rotatable bonds is 5. The van der Waals surface area contributed by atoms with E-state index in [0.717, 1.165) is 4.90 Å². The fourth-order valence-electron chi connectivity index (χ4n) is 2.30. The van der Waals surface area contributed by atoms with Gasteiger partial charge < -0.3 is 9.84 Å². The third kappa shape index (κ3) is 3.75. The molecule has 0 aromatic heterocycles. The van der Waals surface area contributed by atoms with Gasteiger partial charge in [-0.05, 0) is 47.7 Å². The van der Waals surface area contributed by atoms with Gasteiger partial charge in [-0.1, -0.05) is 24.3 Å². The maximum Gasteiger partial charge on any atom is 0.341 e. The van der Waals surface area contributed by atoms with E-state index in [0.29, 0.717) is 23.1 Å². The van der Waals surface area contributed by atoms with Gasteiger partial charge in [-0.3, -0.25) is 9.59 Å². The van der Waals surface area contributed by atoms with E-state index >= 15 is 0 Å². The number of halogens is 1. The Bertz CT molecular complexity index is 927. The molecule has 2 aromatic rings. The Morgan fingerprint density at radius 3 is 2.69 bits per heavy atom. The highest BCUT2D eigenvalue weighted by Gasteiger charge is 2.37. The molecular weight excluding hydrogens is 361 g/mol. The fourth-order valence-corrected chi connectivity index (χ4v) is 3.13. The summed E-state index contributed by atoms with van der Waals surface area (Å²) < 4.78 is 19.0.